The van der Waals surface area contributed by atoms with Gasteiger partial charge in [-0.3, -0.25) is 4.79 Å². The second-order valence-corrected chi connectivity index (χ2v) is 0.519. The van der Waals surface area contributed by atoms with Crippen LogP contribution in [-0.4, -0.2) is 46.1 Å². The zero-order valence-electron chi connectivity index (χ0n) is 3.36. The van der Waals surface area contributed by atoms with Gasteiger partial charge in [0.25, 0.3) is 5.97 Å². The van der Waals surface area contributed by atoms with E-state index in [0.29, 0.717) is 0 Å². The molecular weight excluding hydrogens is 235 g/mol. The molecule has 0 spiro atoms. The molecule has 5 heteroatoms. The number of hydrogen-bond donors (Lipinski definition) is 1. The number of carboxylic acid groups (broad SMARTS) is 1. The summed E-state index contributed by atoms with van der Waals surface area (Å²) < 4.78 is 0. The molecule has 7 heavy (non-hydrogen) atoms. The second-order valence-electron chi connectivity index (χ2n) is 0.519. The third kappa shape index (κ3) is 80.6. The molecule has 0 aliphatic carbocycles. The molecule has 3 N–H and O–H groups in total. The van der Waals surface area contributed by atoms with Crippen molar-refractivity contribution in [2.75, 3.05) is 0 Å². The van der Waals surface area contributed by atoms with Gasteiger partial charge < -0.3 is 10.6 Å². The average Bonchev–Trinajstić information content (AvgIpc) is 0.811. The maximum atomic E-state index is 9.00. The zero-order valence-corrected chi connectivity index (χ0v) is 6.50. The summed E-state index contributed by atoms with van der Waals surface area (Å²) in [6.07, 6.45) is 0. The normalized spacial score (nSPS) is 3.57. The Kier molecular flexibility index (Phi) is 52.0. The van der Waals surface area contributed by atoms with Crippen molar-refractivity contribution >= 4 is 35.5 Å². The molecule has 0 atom stereocenters. The first-order valence-electron chi connectivity index (χ1n) is 0.928. The fourth-order valence-corrected chi connectivity index (χ4v) is 0. The Labute approximate surface area is 97.8 Å². The van der Waals surface area contributed by atoms with E-state index in [1.54, 1.807) is 0 Å². The first-order valence-corrected chi connectivity index (χ1v) is 0.928. The standard InChI is InChI=1S/C2H4O2.Ce.Na.H2O.H/c1-2(3)4;;;;/h1H3,(H,3,4);;;1H2;. The second kappa shape index (κ2) is 15.7. The van der Waals surface area contributed by atoms with E-state index in [1.807, 2.05) is 0 Å². The van der Waals surface area contributed by atoms with Gasteiger partial charge in [-0.1, -0.05) is 0 Å². The molecule has 0 fully saturated rings. The van der Waals surface area contributed by atoms with Crippen molar-refractivity contribution in [2.45, 2.75) is 6.92 Å². The van der Waals surface area contributed by atoms with Crippen molar-refractivity contribution in [1.82, 2.24) is 0 Å². The molecule has 3 nitrogen and oxygen atoms in total. The summed E-state index contributed by atoms with van der Waals surface area (Å²) in [6, 6.07) is 0. The Bertz CT molecular complexity index is 35.9. The van der Waals surface area contributed by atoms with Gasteiger partial charge in [0.15, 0.2) is 0 Å². The monoisotopic (exact) mass is 242 g/mol. The quantitative estimate of drug-likeness (QED) is 0.532. The van der Waals surface area contributed by atoms with E-state index in [9.17, 15) is 0 Å². The molecule has 0 radical (unpaired) electrons. The van der Waals surface area contributed by atoms with Crippen molar-refractivity contribution in [2.24, 2.45) is 0 Å². The summed E-state index contributed by atoms with van der Waals surface area (Å²) in [6.45, 7) is 1.08. The van der Waals surface area contributed by atoms with Crippen LogP contribution in [0.15, 0.2) is 0 Å². The number of aliphatic carboxylic acids is 1. The summed E-state index contributed by atoms with van der Waals surface area (Å²) in [5.41, 5.74) is 0. The fourth-order valence-electron chi connectivity index (χ4n) is 0. The van der Waals surface area contributed by atoms with Crippen LogP contribution >= 0.6 is 0 Å². The van der Waals surface area contributed by atoms with Crippen LogP contribution in [-0.2, 0) is 4.79 Å². The molecule has 0 amide bonds. The Morgan fingerprint density at radius 1 is 1.57 bits per heavy atom. The Morgan fingerprint density at radius 2 is 1.57 bits per heavy atom. The van der Waals surface area contributed by atoms with Crippen molar-refractivity contribution in [3.63, 3.8) is 0 Å². The number of carbonyl (C=O) groups is 1. The van der Waals surface area contributed by atoms with Crippen LogP contribution in [0.25, 0.3) is 0 Å². The van der Waals surface area contributed by atoms with E-state index in [-0.39, 0.29) is 76.8 Å². The molecular formula is C2H7CeNaO3. The van der Waals surface area contributed by atoms with E-state index in [4.69, 9.17) is 9.90 Å². The molecule has 0 saturated carbocycles. The Hall–Kier alpha value is 1.81. The minimum atomic E-state index is -0.833. The number of carboxylic acids is 1. The van der Waals surface area contributed by atoms with Crippen LogP contribution < -0.4 is 0 Å². The van der Waals surface area contributed by atoms with Gasteiger partial charge in [0.1, 0.15) is 0 Å². The van der Waals surface area contributed by atoms with Crippen molar-refractivity contribution in [3.8, 4) is 0 Å². The average molecular weight is 242 g/mol. The summed E-state index contributed by atoms with van der Waals surface area (Å²) in [5, 5.41) is 7.42. The molecule has 0 aliphatic heterocycles. The van der Waals surface area contributed by atoms with Crippen LogP contribution in [0.2, 0.25) is 0 Å². The van der Waals surface area contributed by atoms with Gasteiger partial charge in [-0.05, 0) is 0 Å². The van der Waals surface area contributed by atoms with Crippen LogP contribution in [0.3, 0.4) is 0 Å². The molecule has 0 aromatic rings. The van der Waals surface area contributed by atoms with Crippen LogP contribution in [0.5, 0.6) is 0 Å². The van der Waals surface area contributed by atoms with Gasteiger partial charge in [0, 0.05) is 48.7 Å². The predicted octanol–water partition coefficient (Wildman–Crippen LogP) is -1.38. The summed E-state index contributed by atoms with van der Waals surface area (Å²) in [7, 11) is 0. The molecule has 0 aromatic carbocycles. The fraction of sp³-hybridized carbons (Fsp3) is 0.500. The SMILES string of the molecule is CC(=O)O.O.[Ce].[NaH]. The molecule has 0 aromatic heterocycles. The molecule has 38 valence electrons. The molecule has 0 unspecified atom stereocenters. The van der Waals surface area contributed by atoms with Gasteiger partial charge in [-0.15, -0.1) is 0 Å². The molecule has 0 aliphatic rings. The third-order valence-corrected chi connectivity index (χ3v) is 0. The summed E-state index contributed by atoms with van der Waals surface area (Å²) >= 11 is 0. The molecule has 0 saturated heterocycles. The van der Waals surface area contributed by atoms with Crippen LogP contribution in [0, 0.1) is 41.7 Å². The van der Waals surface area contributed by atoms with Gasteiger partial charge in [-0.2, -0.15) is 0 Å². The Balaban J connectivity index is -0.0000000150. The van der Waals surface area contributed by atoms with E-state index >= 15 is 0 Å². The van der Waals surface area contributed by atoms with Crippen molar-refractivity contribution in [3.05, 3.63) is 0 Å². The topological polar surface area (TPSA) is 68.8 Å². The Morgan fingerprint density at radius 3 is 1.57 bits per heavy atom. The summed E-state index contributed by atoms with van der Waals surface area (Å²) in [5.74, 6) is -0.833. The predicted molar refractivity (Wildman–Crippen MR) is 24.1 cm³/mol. The minimum absolute atomic E-state index is 0. The molecule has 0 rings (SSSR count). The molecule has 0 heterocycles. The van der Waals surface area contributed by atoms with Gasteiger partial charge >= 0.3 is 29.6 Å². The maximum absolute atomic E-state index is 9.00. The van der Waals surface area contributed by atoms with E-state index in [1.165, 1.54) is 0 Å². The van der Waals surface area contributed by atoms with E-state index in [2.05, 4.69) is 0 Å². The first kappa shape index (κ1) is 23.2. The first-order chi connectivity index (χ1) is 1.73. The van der Waals surface area contributed by atoms with Crippen molar-refractivity contribution < 1.29 is 57.1 Å². The van der Waals surface area contributed by atoms with Gasteiger partial charge in [0.2, 0.25) is 0 Å². The zero-order chi connectivity index (χ0) is 3.58. The van der Waals surface area contributed by atoms with Crippen molar-refractivity contribution in [1.29, 1.82) is 0 Å². The van der Waals surface area contributed by atoms with Crippen LogP contribution in [0.1, 0.15) is 6.92 Å². The summed E-state index contributed by atoms with van der Waals surface area (Å²) in [4.78, 5) is 9.00. The van der Waals surface area contributed by atoms with E-state index in [0.717, 1.165) is 6.92 Å². The third-order valence-electron chi connectivity index (χ3n) is 0. The van der Waals surface area contributed by atoms with Gasteiger partial charge in [0.05, 0.1) is 0 Å². The number of hydrogen-bond acceptors (Lipinski definition) is 1. The molecule has 0 bridgehead atoms. The van der Waals surface area contributed by atoms with E-state index < -0.39 is 5.97 Å². The van der Waals surface area contributed by atoms with Gasteiger partial charge in [-0.25, -0.2) is 0 Å². The number of rotatable bonds is 0. The van der Waals surface area contributed by atoms with Crippen LogP contribution in [0.4, 0.5) is 0 Å².